The number of fused-ring (bicyclic) bond motifs is 4. The number of aromatic nitrogens is 1. The fourth-order valence-corrected chi connectivity index (χ4v) is 4.95. The molecule has 1 unspecified atom stereocenters. The molecule has 0 saturated carbocycles. The lowest BCUT2D eigenvalue weighted by Crippen LogP contribution is -2.26. The number of pyridine rings is 1. The number of nitrogens with one attached hydrogen (secondary N) is 1. The highest BCUT2D eigenvalue weighted by atomic mass is 35.5. The maximum absolute atomic E-state index is 14.4. The van der Waals surface area contributed by atoms with E-state index in [4.69, 9.17) is 25.8 Å². The Morgan fingerprint density at radius 1 is 1.08 bits per heavy atom. The van der Waals surface area contributed by atoms with Crippen molar-refractivity contribution in [3.8, 4) is 17.2 Å². The summed E-state index contributed by atoms with van der Waals surface area (Å²) < 4.78 is 31.0. The normalized spacial score (nSPS) is 17.4. The van der Waals surface area contributed by atoms with Crippen molar-refractivity contribution in [1.29, 1.82) is 0 Å². The summed E-state index contributed by atoms with van der Waals surface area (Å²) in [6.07, 6.45) is 1.11. The summed E-state index contributed by atoms with van der Waals surface area (Å²) in [5.41, 5.74) is 1.10. The third kappa shape index (κ3) is 3.77. The van der Waals surface area contributed by atoms with Crippen LogP contribution in [0.25, 0.3) is 17.0 Å². The Bertz CT molecular complexity index is 1720. The zero-order valence-electron chi connectivity index (χ0n) is 19.3. The lowest BCUT2D eigenvalue weighted by molar-refractivity contribution is -0.135. The Kier molecular flexibility index (Phi) is 5.35. The molecule has 1 aromatic heterocycles. The Hall–Kier alpha value is -4.43. The summed E-state index contributed by atoms with van der Waals surface area (Å²) in [6, 6.07) is 14.1. The van der Waals surface area contributed by atoms with Crippen LogP contribution in [-0.4, -0.2) is 23.8 Å². The van der Waals surface area contributed by atoms with E-state index in [1.165, 1.54) is 43.5 Å². The largest absolute Gasteiger partial charge is 0.497 e. The average Bonchev–Trinajstić information content (AvgIpc) is 3.20. The van der Waals surface area contributed by atoms with E-state index in [-0.39, 0.29) is 39.8 Å². The van der Waals surface area contributed by atoms with Crippen molar-refractivity contribution in [3.05, 3.63) is 104 Å². The predicted octanol–water partition coefficient (Wildman–Crippen LogP) is 5.39. The molecule has 0 amide bonds. The predicted molar refractivity (Wildman–Crippen MR) is 134 cm³/mol. The number of esters is 1. The molecule has 1 N–H and O–H groups in total. The van der Waals surface area contributed by atoms with Gasteiger partial charge in [-0.05, 0) is 53.9 Å². The fourth-order valence-electron chi connectivity index (χ4n) is 4.73. The highest BCUT2D eigenvalue weighted by molar-refractivity contribution is 6.32. The summed E-state index contributed by atoms with van der Waals surface area (Å²) in [6.45, 7) is 0. The highest BCUT2D eigenvalue weighted by Crippen LogP contribution is 2.48. The molecule has 0 fully saturated rings. The highest BCUT2D eigenvalue weighted by Gasteiger charge is 2.39. The first-order valence-electron chi connectivity index (χ1n) is 11.3. The zero-order chi connectivity index (χ0) is 25.8. The van der Waals surface area contributed by atoms with Crippen molar-refractivity contribution < 1.29 is 28.2 Å². The lowest BCUT2D eigenvalue weighted by atomic mass is 9.85. The fraction of sp³-hybridized carbons (Fsp3) is 0.107. The van der Waals surface area contributed by atoms with Crippen molar-refractivity contribution in [2.45, 2.75) is 12.3 Å². The van der Waals surface area contributed by atoms with E-state index in [9.17, 15) is 18.8 Å². The molecule has 2 aliphatic heterocycles. The molecule has 6 rings (SSSR count). The number of halogens is 2. The van der Waals surface area contributed by atoms with Crippen molar-refractivity contribution in [3.63, 3.8) is 0 Å². The summed E-state index contributed by atoms with van der Waals surface area (Å²) in [5.74, 6) is -1.56. The van der Waals surface area contributed by atoms with E-state index in [1.807, 2.05) is 0 Å². The maximum atomic E-state index is 14.4. The van der Waals surface area contributed by atoms with Crippen LogP contribution in [0.1, 0.15) is 39.4 Å². The Labute approximate surface area is 214 Å². The number of ether oxygens (including phenoxy) is 3. The number of hydrogen-bond acceptors (Lipinski definition) is 6. The SMILES string of the molecule is COc1ccc2cc(C3CC(=O)Oc4ccc5c(c43)O/C(=C\c3c(F)cccc3Cl)C5=O)c(=O)[nH]c2c1. The molecule has 3 aromatic carbocycles. The van der Waals surface area contributed by atoms with E-state index >= 15 is 0 Å². The van der Waals surface area contributed by atoms with Gasteiger partial charge in [0.05, 0.1) is 29.6 Å². The Balaban J connectivity index is 1.50. The van der Waals surface area contributed by atoms with Crippen LogP contribution in [0, 0.1) is 5.82 Å². The van der Waals surface area contributed by atoms with Crippen LogP contribution in [0.15, 0.2) is 65.2 Å². The minimum absolute atomic E-state index is 0.0126. The van der Waals surface area contributed by atoms with Gasteiger partial charge in [0.25, 0.3) is 5.56 Å². The third-order valence-corrected chi connectivity index (χ3v) is 6.84. The molecule has 0 radical (unpaired) electrons. The van der Waals surface area contributed by atoms with Crippen LogP contribution in [-0.2, 0) is 4.79 Å². The number of allylic oxidation sites excluding steroid dienone is 1. The smallest absolute Gasteiger partial charge is 0.312 e. The average molecular weight is 518 g/mol. The van der Waals surface area contributed by atoms with Gasteiger partial charge in [-0.15, -0.1) is 0 Å². The summed E-state index contributed by atoms with van der Waals surface area (Å²) in [4.78, 5) is 41.7. The van der Waals surface area contributed by atoms with Crippen LogP contribution in [0.5, 0.6) is 17.2 Å². The number of Topliss-reactive ketones (excluding diaryl/α,β-unsaturated/α-hetero) is 1. The van der Waals surface area contributed by atoms with E-state index in [2.05, 4.69) is 4.98 Å². The molecule has 37 heavy (non-hydrogen) atoms. The quantitative estimate of drug-likeness (QED) is 0.222. The summed E-state index contributed by atoms with van der Waals surface area (Å²) in [5, 5.41) is 0.850. The van der Waals surface area contributed by atoms with Gasteiger partial charge in [0, 0.05) is 28.7 Å². The maximum Gasteiger partial charge on any atom is 0.312 e. The molecule has 2 aliphatic rings. The molecule has 1 atom stereocenters. The van der Waals surface area contributed by atoms with Gasteiger partial charge in [0.15, 0.2) is 5.76 Å². The van der Waals surface area contributed by atoms with Crippen molar-refractivity contribution in [2.24, 2.45) is 0 Å². The zero-order valence-corrected chi connectivity index (χ0v) is 20.0. The van der Waals surface area contributed by atoms with E-state index in [0.29, 0.717) is 22.4 Å². The second kappa shape index (κ2) is 8.60. The number of benzene rings is 3. The minimum atomic E-state index is -0.745. The van der Waals surface area contributed by atoms with Crippen molar-refractivity contribution >= 4 is 40.3 Å². The number of methoxy groups -OCH3 is 1. The topological polar surface area (TPSA) is 94.7 Å². The Morgan fingerprint density at radius 2 is 1.92 bits per heavy atom. The van der Waals surface area contributed by atoms with Gasteiger partial charge in [-0.2, -0.15) is 0 Å². The van der Waals surface area contributed by atoms with Gasteiger partial charge in [0.2, 0.25) is 5.78 Å². The first-order chi connectivity index (χ1) is 17.8. The molecule has 0 spiro atoms. The monoisotopic (exact) mass is 517 g/mol. The molecule has 4 aromatic rings. The molecule has 0 bridgehead atoms. The van der Waals surface area contributed by atoms with Gasteiger partial charge in [-0.3, -0.25) is 14.4 Å². The number of carbonyl (C=O) groups excluding carboxylic acids is 2. The number of H-pyrrole nitrogens is 1. The van der Waals surface area contributed by atoms with Crippen LogP contribution in [0.2, 0.25) is 5.02 Å². The lowest BCUT2D eigenvalue weighted by Gasteiger charge is -2.26. The Morgan fingerprint density at radius 3 is 2.70 bits per heavy atom. The minimum Gasteiger partial charge on any atom is -0.497 e. The summed E-state index contributed by atoms with van der Waals surface area (Å²) in [7, 11) is 1.53. The third-order valence-electron chi connectivity index (χ3n) is 6.51. The second-order valence-electron chi connectivity index (χ2n) is 8.67. The van der Waals surface area contributed by atoms with E-state index < -0.39 is 29.0 Å². The summed E-state index contributed by atoms with van der Waals surface area (Å²) >= 11 is 6.13. The number of rotatable bonds is 3. The molecule has 184 valence electrons. The van der Waals surface area contributed by atoms with Crippen LogP contribution < -0.4 is 19.8 Å². The first kappa shape index (κ1) is 23.0. The standard InChI is InChI=1S/C28H17ClFNO6/c1-35-14-6-5-13-9-17(28(34)31-21(13)10-14)16-12-24(32)36-22-8-7-15-26(33)23(37-27(15)25(16)22)11-18-19(29)3-2-4-20(18)30/h2-11,16H,12H2,1H3,(H,31,34)/b23-11-. The molecule has 0 saturated heterocycles. The van der Waals surface area contributed by atoms with Gasteiger partial charge in [0.1, 0.15) is 23.1 Å². The van der Waals surface area contributed by atoms with E-state index in [0.717, 1.165) is 5.39 Å². The molecule has 7 nitrogen and oxygen atoms in total. The van der Waals surface area contributed by atoms with Crippen LogP contribution in [0.3, 0.4) is 0 Å². The number of hydrogen-bond donors (Lipinski definition) is 1. The van der Waals surface area contributed by atoms with Gasteiger partial charge in [-0.25, -0.2) is 4.39 Å². The van der Waals surface area contributed by atoms with Crippen LogP contribution >= 0.6 is 11.6 Å². The molecule has 9 heteroatoms. The van der Waals surface area contributed by atoms with Gasteiger partial charge >= 0.3 is 5.97 Å². The first-order valence-corrected chi connectivity index (χ1v) is 11.7. The van der Waals surface area contributed by atoms with Crippen LogP contribution in [0.4, 0.5) is 4.39 Å². The molecule has 0 aliphatic carbocycles. The van der Waals surface area contributed by atoms with Gasteiger partial charge < -0.3 is 19.2 Å². The van der Waals surface area contributed by atoms with E-state index in [1.54, 1.807) is 24.3 Å². The second-order valence-corrected chi connectivity index (χ2v) is 9.07. The molecule has 3 heterocycles. The van der Waals surface area contributed by atoms with Crippen molar-refractivity contribution in [2.75, 3.05) is 7.11 Å². The van der Waals surface area contributed by atoms with Crippen molar-refractivity contribution in [1.82, 2.24) is 4.98 Å². The number of carbonyl (C=O) groups is 2. The number of aromatic amines is 1. The van der Waals surface area contributed by atoms with Gasteiger partial charge in [-0.1, -0.05) is 17.7 Å². The molecular weight excluding hydrogens is 501 g/mol. The molecular formula is C28H17ClFNO6. The number of ketones is 1.